The van der Waals surface area contributed by atoms with Gasteiger partial charge in [0.05, 0.1) is 16.8 Å². The van der Waals surface area contributed by atoms with Gasteiger partial charge in [0.2, 0.25) is 5.91 Å². The number of para-hydroxylation sites is 1. The summed E-state index contributed by atoms with van der Waals surface area (Å²) in [6, 6.07) is 17.0. The number of aromatic nitrogens is 5. The SMILES string of the molecule is O=C(NC1(C(=O)NCc2ccc(Oc3ccc(-n4nnc5ccccc54)cc3C(F)(F)F)cc2)CC1)c1cncnc1. The quantitative estimate of drug-likeness (QED) is 0.278. The summed E-state index contributed by atoms with van der Waals surface area (Å²) in [4.78, 5) is 32.8. The normalized spacial score (nSPS) is 13.9. The number of nitrogens with one attached hydrogen (secondary N) is 2. The molecule has 13 heteroatoms. The van der Waals surface area contributed by atoms with Crippen LogP contribution in [0.3, 0.4) is 0 Å². The molecule has 0 bridgehead atoms. The highest BCUT2D eigenvalue weighted by Gasteiger charge is 2.51. The molecule has 0 unspecified atom stereocenters. The summed E-state index contributed by atoms with van der Waals surface area (Å²) >= 11 is 0. The molecule has 2 heterocycles. The summed E-state index contributed by atoms with van der Waals surface area (Å²) in [6.45, 7) is 0.152. The van der Waals surface area contributed by atoms with Gasteiger partial charge in [0, 0.05) is 18.9 Å². The second-order valence-corrected chi connectivity index (χ2v) is 9.76. The van der Waals surface area contributed by atoms with Crippen LogP contribution in [0, 0.1) is 0 Å². The van der Waals surface area contributed by atoms with Crippen molar-refractivity contribution in [3.05, 3.63) is 102 Å². The molecule has 0 saturated heterocycles. The molecule has 1 aliphatic carbocycles. The molecule has 1 fully saturated rings. The second kappa shape index (κ2) is 10.6. The summed E-state index contributed by atoms with van der Waals surface area (Å²) in [5.74, 6) is -0.953. The molecule has 42 heavy (non-hydrogen) atoms. The monoisotopic (exact) mass is 573 g/mol. The molecule has 1 aliphatic rings. The average Bonchev–Trinajstić information content (AvgIpc) is 3.65. The first kappa shape index (κ1) is 26.9. The van der Waals surface area contributed by atoms with E-state index in [0.717, 1.165) is 6.07 Å². The van der Waals surface area contributed by atoms with Gasteiger partial charge in [-0.3, -0.25) is 9.59 Å². The first-order valence-corrected chi connectivity index (χ1v) is 12.9. The predicted molar refractivity (Wildman–Crippen MR) is 144 cm³/mol. The van der Waals surface area contributed by atoms with E-state index in [2.05, 4.69) is 30.9 Å². The summed E-state index contributed by atoms with van der Waals surface area (Å²) in [5, 5.41) is 13.5. The fourth-order valence-electron chi connectivity index (χ4n) is 4.41. The van der Waals surface area contributed by atoms with Gasteiger partial charge in [-0.1, -0.05) is 29.5 Å². The molecule has 10 nitrogen and oxygen atoms in total. The Morgan fingerprint density at radius 1 is 0.976 bits per heavy atom. The van der Waals surface area contributed by atoms with Crippen LogP contribution in [0.5, 0.6) is 11.5 Å². The molecule has 0 radical (unpaired) electrons. The highest BCUT2D eigenvalue weighted by molar-refractivity contribution is 6.00. The molecule has 2 amide bonds. The van der Waals surface area contributed by atoms with Crippen molar-refractivity contribution < 1.29 is 27.5 Å². The molecule has 5 aromatic rings. The topological polar surface area (TPSA) is 124 Å². The van der Waals surface area contributed by atoms with E-state index in [1.54, 1.807) is 36.4 Å². The number of carbonyl (C=O) groups excluding carboxylic acids is 2. The Hall–Kier alpha value is -5.33. The Bertz CT molecular complexity index is 1770. The Morgan fingerprint density at radius 2 is 1.71 bits per heavy atom. The summed E-state index contributed by atoms with van der Waals surface area (Å²) in [5.41, 5.74) is 0.311. The van der Waals surface area contributed by atoms with Crippen molar-refractivity contribution in [1.82, 2.24) is 35.6 Å². The van der Waals surface area contributed by atoms with E-state index in [1.807, 2.05) is 0 Å². The maximum atomic E-state index is 14.0. The van der Waals surface area contributed by atoms with Crippen molar-refractivity contribution in [3.8, 4) is 17.2 Å². The van der Waals surface area contributed by atoms with Crippen LogP contribution in [0.4, 0.5) is 13.2 Å². The number of alkyl halides is 3. The van der Waals surface area contributed by atoms with E-state index in [-0.39, 0.29) is 35.2 Å². The van der Waals surface area contributed by atoms with Gasteiger partial charge in [-0.15, -0.1) is 5.10 Å². The fourth-order valence-corrected chi connectivity index (χ4v) is 4.41. The van der Waals surface area contributed by atoms with E-state index >= 15 is 0 Å². The molecular formula is C29H22F3N7O3. The van der Waals surface area contributed by atoms with Gasteiger partial charge in [-0.25, -0.2) is 14.6 Å². The number of rotatable bonds is 8. The largest absolute Gasteiger partial charge is 0.457 e. The Morgan fingerprint density at radius 3 is 2.43 bits per heavy atom. The minimum atomic E-state index is -4.69. The van der Waals surface area contributed by atoms with E-state index in [1.165, 1.54) is 47.7 Å². The third kappa shape index (κ3) is 5.48. The molecule has 0 aliphatic heterocycles. The zero-order valence-corrected chi connectivity index (χ0v) is 21.8. The maximum Gasteiger partial charge on any atom is 0.420 e. The average molecular weight is 574 g/mol. The van der Waals surface area contributed by atoms with Crippen molar-refractivity contribution in [2.24, 2.45) is 0 Å². The minimum absolute atomic E-state index is 0.152. The van der Waals surface area contributed by atoms with Crippen molar-refractivity contribution in [3.63, 3.8) is 0 Å². The van der Waals surface area contributed by atoms with Crippen LogP contribution in [-0.2, 0) is 17.5 Å². The Balaban J connectivity index is 1.12. The first-order chi connectivity index (χ1) is 20.2. The first-order valence-electron chi connectivity index (χ1n) is 12.9. The van der Waals surface area contributed by atoms with Crippen LogP contribution in [0.1, 0.15) is 34.3 Å². The number of benzene rings is 3. The highest BCUT2D eigenvalue weighted by atomic mass is 19.4. The standard InChI is InChI=1S/C29H22F3N7O3/c30-29(31,32)22-13-20(39-24-4-2-1-3-23(24)37-38-39)7-10-25(22)42-21-8-5-18(6-9-21)14-35-27(41)28(11-12-28)36-26(40)19-15-33-17-34-16-19/h1-10,13,15-17H,11-12,14H2,(H,35,41)(H,36,40). The van der Waals surface area contributed by atoms with Crippen molar-refractivity contribution in [2.75, 3.05) is 0 Å². The van der Waals surface area contributed by atoms with E-state index in [9.17, 15) is 22.8 Å². The zero-order chi connectivity index (χ0) is 29.3. The summed E-state index contributed by atoms with van der Waals surface area (Å²) < 4.78 is 49.0. The molecule has 2 aromatic heterocycles. The summed E-state index contributed by atoms with van der Waals surface area (Å²) in [6.07, 6.45) is 0.347. The van der Waals surface area contributed by atoms with Crippen molar-refractivity contribution in [2.45, 2.75) is 31.1 Å². The smallest absolute Gasteiger partial charge is 0.420 e. The van der Waals surface area contributed by atoms with Crippen LogP contribution < -0.4 is 15.4 Å². The third-order valence-corrected chi connectivity index (χ3v) is 6.83. The highest BCUT2D eigenvalue weighted by Crippen LogP contribution is 2.40. The Labute approximate surface area is 236 Å². The number of ether oxygens (including phenoxy) is 1. The zero-order valence-electron chi connectivity index (χ0n) is 21.8. The number of fused-ring (bicyclic) bond motifs is 1. The Kier molecular flexibility index (Phi) is 6.77. The minimum Gasteiger partial charge on any atom is -0.457 e. The van der Waals surface area contributed by atoms with Crippen molar-refractivity contribution in [1.29, 1.82) is 0 Å². The fraction of sp³-hybridized carbons (Fsp3) is 0.172. The number of hydrogen-bond donors (Lipinski definition) is 2. The van der Waals surface area contributed by atoms with E-state index in [4.69, 9.17) is 4.74 Å². The molecular weight excluding hydrogens is 551 g/mol. The van der Waals surface area contributed by atoms with E-state index < -0.39 is 23.2 Å². The van der Waals surface area contributed by atoms with Crippen LogP contribution >= 0.6 is 0 Å². The lowest BCUT2D eigenvalue weighted by molar-refractivity contribution is -0.138. The molecule has 1 saturated carbocycles. The number of amides is 2. The molecule has 0 atom stereocenters. The second-order valence-electron chi connectivity index (χ2n) is 9.76. The number of hydrogen-bond acceptors (Lipinski definition) is 7. The van der Waals surface area contributed by atoms with Gasteiger partial charge < -0.3 is 15.4 Å². The molecule has 212 valence electrons. The molecule has 0 spiro atoms. The lowest BCUT2D eigenvalue weighted by Gasteiger charge is -2.17. The van der Waals surface area contributed by atoms with Crippen LogP contribution in [0.2, 0.25) is 0 Å². The maximum absolute atomic E-state index is 14.0. The van der Waals surface area contributed by atoms with Gasteiger partial charge in [0.1, 0.15) is 34.4 Å². The lowest BCUT2D eigenvalue weighted by atomic mass is 10.1. The van der Waals surface area contributed by atoms with Gasteiger partial charge in [-0.05, 0) is 60.9 Å². The van der Waals surface area contributed by atoms with Gasteiger partial charge in [-0.2, -0.15) is 13.2 Å². The van der Waals surface area contributed by atoms with Crippen molar-refractivity contribution >= 4 is 22.8 Å². The van der Waals surface area contributed by atoms with Gasteiger partial charge in [0.15, 0.2) is 0 Å². The van der Waals surface area contributed by atoms with E-state index in [0.29, 0.717) is 29.4 Å². The number of halogens is 3. The van der Waals surface area contributed by atoms with Crippen LogP contribution in [0.25, 0.3) is 16.7 Å². The van der Waals surface area contributed by atoms with Gasteiger partial charge >= 0.3 is 6.18 Å². The third-order valence-electron chi connectivity index (χ3n) is 6.83. The number of nitrogens with zero attached hydrogens (tertiary/aromatic N) is 5. The number of carbonyl (C=O) groups is 2. The molecule has 6 rings (SSSR count). The predicted octanol–water partition coefficient (Wildman–Crippen LogP) is 4.60. The molecule has 3 aromatic carbocycles. The molecule has 2 N–H and O–H groups in total. The van der Waals surface area contributed by atoms with Crippen LogP contribution in [-0.4, -0.2) is 42.3 Å². The van der Waals surface area contributed by atoms with Crippen LogP contribution in [0.15, 0.2) is 85.5 Å². The lowest BCUT2D eigenvalue weighted by Crippen LogP contribution is -2.48. The van der Waals surface area contributed by atoms with Gasteiger partial charge in [0.25, 0.3) is 5.91 Å². The summed E-state index contributed by atoms with van der Waals surface area (Å²) in [7, 11) is 0.